The van der Waals surface area contributed by atoms with Crippen LogP contribution in [-0.4, -0.2) is 101 Å². The Morgan fingerprint density at radius 1 is 1.22 bits per heavy atom. The molecule has 3 fully saturated rings. The average molecular weight is 581 g/mol. The van der Waals surface area contributed by atoms with Crippen molar-refractivity contribution in [1.29, 1.82) is 0 Å². The first-order valence-electron chi connectivity index (χ1n) is 14.4. The van der Waals surface area contributed by atoms with E-state index in [9.17, 15) is 19.5 Å². The number of amides is 3. The van der Waals surface area contributed by atoms with Gasteiger partial charge in [-0.15, -0.1) is 30.0 Å². The maximum atomic E-state index is 14.7. The number of likely N-dealkylation sites (tertiary alicyclic amines) is 1. The van der Waals surface area contributed by atoms with Gasteiger partial charge >= 0.3 is 0 Å². The molecule has 3 amide bonds. The van der Waals surface area contributed by atoms with Gasteiger partial charge < -0.3 is 19.8 Å². The number of carbonyl (C=O) groups excluding carboxylic acids is 3. The highest BCUT2D eigenvalue weighted by Gasteiger charge is 2.76. The smallest absolute Gasteiger partial charge is 0.248 e. The topological polar surface area (TPSA) is 112 Å². The lowest BCUT2D eigenvalue weighted by molar-refractivity contribution is -0.147. The van der Waals surface area contributed by atoms with Gasteiger partial charge in [-0.25, -0.2) is 4.68 Å². The summed E-state index contributed by atoms with van der Waals surface area (Å²) >= 11 is 1.64. The summed E-state index contributed by atoms with van der Waals surface area (Å²) in [7, 11) is 0. The molecule has 3 aliphatic rings. The molecule has 7 atom stereocenters. The molecule has 4 heterocycles. The van der Waals surface area contributed by atoms with Gasteiger partial charge in [-0.1, -0.05) is 43.3 Å². The molecule has 1 aromatic heterocycles. The molecule has 3 aliphatic heterocycles. The quantitative estimate of drug-likeness (QED) is 0.384. The van der Waals surface area contributed by atoms with Crippen molar-refractivity contribution in [2.24, 2.45) is 17.8 Å². The number of thioether (sulfide) groups is 1. The molecule has 41 heavy (non-hydrogen) atoms. The zero-order valence-corrected chi connectivity index (χ0v) is 24.9. The summed E-state index contributed by atoms with van der Waals surface area (Å²) in [5.41, 5.74) is 1.52. The largest absolute Gasteiger partial charge is 0.394 e. The fraction of sp³-hybridized carbons (Fsp3) is 0.567. The summed E-state index contributed by atoms with van der Waals surface area (Å²) in [6, 6.07) is 6.12. The van der Waals surface area contributed by atoms with Gasteiger partial charge in [0.05, 0.1) is 34.7 Å². The zero-order chi connectivity index (χ0) is 29.5. The molecule has 3 saturated heterocycles. The van der Waals surface area contributed by atoms with E-state index >= 15 is 0 Å². The molecular formula is C30H40N6O4S. The second kappa shape index (κ2) is 11.6. The van der Waals surface area contributed by atoms with Crippen LogP contribution in [-0.2, 0) is 21.1 Å². The first-order chi connectivity index (χ1) is 19.7. The van der Waals surface area contributed by atoms with Crippen molar-refractivity contribution in [2.45, 2.75) is 62.4 Å². The molecule has 0 radical (unpaired) electrons. The van der Waals surface area contributed by atoms with Crippen molar-refractivity contribution in [3.05, 3.63) is 49.6 Å². The van der Waals surface area contributed by atoms with Crippen LogP contribution in [0.3, 0.4) is 0 Å². The fourth-order valence-electron chi connectivity index (χ4n) is 7.24. The van der Waals surface area contributed by atoms with E-state index in [4.69, 9.17) is 0 Å². The number of fused-ring (bicyclic) bond motifs is 2. The van der Waals surface area contributed by atoms with Gasteiger partial charge in [-0.05, 0) is 37.8 Å². The summed E-state index contributed by atoms with van der Waals surface area (Å²) in [5.74, 6) is -1.63. The summed E-state index contributed by atoms with van der Waals surface area (Å²) in [6.07, 6.45) is 4.93. The van der Waals surface area contributed by atoms with Crippen molar-refractivity contribution >= 4 is 40.5 Å². The van der Waals surface area contributed by atoms with Crippen LogP contribution in [0.5, 0.6) is 0 Å². The van der Waals surface area contributed by atoms with Crippen LogP contribution >= 0.6 is 11.8 Å². The van der Waals surface area contributed by atoms with Gasteiger partial charge in [0, 0.05) is 24.9 Å². The maximum Gasteiger partial charge on any atom is 0.248 e. The lowest BCUT2D eigenvalue weighted by atomic mass is 9.65. The number of aliphatic hydroxyl groups excluding tert-OH is 1. The van der Waals surface area contributed by atoms with E-state index < -0.39 is 28.7 Å². The summed E-state index contributed by atoms with van der Waals surface area (Å²) < 4.78 is 0.897. The fourth-order valence-corrected chi connectivity index (χ4v) is 9.64. The molecule has 0 aliphatic carbocycles. The minimum absolute atomic E-state index is 0.0251. The number of para-hydroxylation sites is 1. The van der Waals surface area contributed by atoms with Crippen molar-refractivity contribution in [2.75, 3.05) is 26.2 Å². The monoisotopic (exact) mass is 580 g/mol. The summed E-state index contributed by atoms with van der Waals surface area (Å²) in [4.78, 5) is 48.1. The van der Waals surface area contributed by atoms with E-state index in [1.54, 1.807) is 50.2 Å². The third kappa shape index (κ3) is 4.57. The van der Waals surface area contributed by atoms with Gasteiger partial charge in [-0.3, -0.25) is 14.4 Å². The van der Waals surface area contributed by atoms with Gasteiger partial charge in [-0.2, -0.15) is 0 Å². The second-order valence-corrected chi connectivity index (χ2v) is 13.0. The number of aromatic nitrogens is 3. The predicted octanol–water partition coefficient (Wildman–Crippen LogP) is 2.55. The van der Waals surface area contributed by atoms with E-state index in [0.717, 1.165) is 23.9 Å². The summed E-state index contributed by atoms with van der Waals surface area (Å²) in [6.45, 7) is 14.7. The molecule has 0 saturated carbocycles. The van der Waals surface area contributed by atoms with Crippen LogP contribution in [0.25, 0.3) is 11.0 Å². The minimum atomic E-state index is -0.835. The standard InChI is InChI=1S/C30H40N6O4S/c1-6-13-33(14-7-2)27(38)24-23-16-19(4)30(41-23)25(24)28(39)36(20(5)17-37)26(30)29(40)34(15-8-3)18-35-22-12-10-9-11-21(22)31-32-35/h6,8-12,19-20,23-26,37H,1,3,7,13-18H2,2,4-5H3/t19?,20-,23+,24-,25+,26?,30?/m1/s1. The van der Waals surface area contributed by atoms with E-state index in [1.807, 2.05) is 31.2 Å². The van der Waals surface area contributed by atoms with Crippen molar-refractivity contribution in [3.63, 3.8) is 0 Å². The lowest BCUT2D eigenvalue weighted by Gasteiger charge is -2.41. The normalized spacial score (nSPS) is 29.0. The van der Waals surface area contributed by atoms with Crippen molar-refractivity contribution < 1.29 is 19.5 Å². The van der Waals surface area contributed by atoms with Crippen LogP contribution in [0.1, 0.15) is 33.6 Å². The number of hydrogen-bond acceptors (Lipinski definition) is 7. The first-order valence-corrected chi connectivity index (χ1v) is 15.3. The molecular weight excluding hydrogens is 540 g/mol. The first kappa shape index (κ1) is 29.3. The van der Waals surface area contributed by atoms with Crippen molar-refractivity contribution in [1.82, 2.24) is 29.7 Å². The Bertz CT molecular complexity index is 1350. The van der Waals surface area contributed by atoms with Crippen molar-refractivity contribution in [3.8, 4) is 0 Å². The highest BCUT2D eigenvalue weighted by atomic mass is 32.2. The molecule has 2 bridgehead atoms. The molecule has 1 aromatic carbocycles. The molecule has 11 heteroatoms. The Labute approximate surface area is 245 Å². The number of hydrogen-bond donors (Lipinski definition) is 1. The summed E-state index contributed by atoms with van der Waals surface area (Å²) in [5, 5.41) is 18.7. The Morgan fingerprint density at radius 3 is 2.61 bits per heavy atom. The number of carbonyl (C=O) groups is 3. The minimum Gasteiger partial charge on any atom is -0.394 e. The number of nitrogens with zero attached hydrogens (tertiary/aromatic N) is 6. The maximum absolute atomic E-state index is 14.7. The number of benzene rings is 1. The van der Waals surface area contributed by atoms with E-state index in [-0.39, 0.29) is 48.7 Å². The van der Waals surface area contributed by atoms with E-state index in [1.165, 1.54) is 0 Å². The Morgan fingerprint density at radius 2 is 1.93 bits per heavy atom. The number of rotatable bonds is 12. The predicted molar refractivity (Wildman–Crippen MR) is 159 cm³/mol. The Kier molecular flexibility index (Phi) is 8.29. The van der Waals surface area contributed by atoms with E-state index in [2.05, 4.69) is 30.4 Å². The molecule has 10 nitrogen and oxygen atoms in total. The molecule has 2 aromatic rings. The second-order valence-electron chi connectivity index (χ2n) is 11.5. The van der Waals surface area contributed by atoms with Gasteiger partial charge in [0.1, 0.15) is 18.2 Å². The van der Waals surface area contributed by atoms with Crippen LogP contribution in [0.4, 0.5) is 0 Å². The third-order valence-electron chi connectivity index (χ3n) is 8.98. The number of aliphatic hydroxyl groups is 1. The molecule has 1 spiro atoms. The van der Waals surface area contributed by atoms with Crippen LogP contribution in [0.2, 0.25) is 0 Å². The molecule has 1 N–H and O–H groups in total. The third-order valence-corrected chi connectivity index (χ3v) is 11.1. The SMILES string of the molecule is C=CCN(Cn1nnc2ccccc21)C(=O)C1N([C@H](C)CO)C(=O)[C@@H]2[C@H](C(=O)N(CC=C)CCC)[C@@H]3CC(C)C12S3. The molecule has 5 rings (SSSR count). The van der Waals surface area contributed by atoms with Crippen LogP contribution < -0.4 is 0 Å². The van der Waals surface area contributed by atoms with Gasteiger partial charge in [0.2, 0.25) is 17.7 Å². The lowest BCUT2D eigenvalue weighted by Crippen LogP contribution is -2.59. The zero-order valence-electron chi connectivity index (χ0n) is 24.1. The Balaban J connectivity index is 1.56. The highest BCUT2D eigenvalue weighted by Crippen LogP contribution is 2.69. The van der Waals surface area contributed by atoms with Gasteiger partial charge in [0.25, 0.3) is 0 Å². The van der Waals surface area contributed by atoms with Crippen LogP contribution in [0.15, 0.2) is 49.6 Å². The van der Waals surface area contributed by atoms with Crippen LogP contribution in [0, 0.1) is 17.8 Å². The Hall–Kier alpha value is -3.18. The van der Waals surface area contributed by atoms with E-state index in [0.29, 0.717) is 13.1 Å². The molecule has 220 valence electrons. The average Bonchev–Trinajstić information content (AvgIpc) is 3.69. The highest BCUT2D eigenvalue weighted by molar-refractivity contribution is 8.02. The molecule has 3 unspecified atom stereocenters. The van der Waals surface area contributed by atoms with Gasteiger partial charge in [0.15, 0.2) is 0 Å².